The molecule has 144 valence electrons. The molecule has 0 bridgehead atoms. The number of ether oxygens (including phenoxy) is 2. The summed E-state index contributed by atoms with van der Waals surface area (Å²) < 4.78 is 49.5. The molecule has 0 radical (unpaired) electrons. The molecule has 8 heteroatoms. The zero-order valence-electron chi connectivity index (χ0n) is 14.3. The van der Waals surface area contributed by atoms with E-state index in [1.807, 2.05) is 0 Å². The third-order valence-electron chi connectivity index (χ3n) is 4.28. The third kappa shape index (κ3) is 4.76. The largest absolute Gasteiger partial charge is 0.459 e. The first-order chi connectivity index (χ1) is 12.3. The Balaban J connectivity index is 2.40. The Morgan fingerprint density at radius 3 is 2.46 bits per heavy atom. The Hall–Kier alpha value is -2.06. The van der Waals surface area contributed by atoms with Crippen LogP contribution in [0.1, 0.15) is 36.8 Å². The highest BCUT2D eigenvalue weighted by Crippen LogP contribution is 2.40. The van der Waals surface area contributed by atoms with Gasteiger partial charge < -0.3 is 20.3 Å². The molecule has 1 aliphatic heterocycles. The number of halogens is 3. The Kier molecular flexibility index (Phi) is 6.66. The van der Waals surface area contributed by atoms with Crippen LogP contribution in [0.15, 0.2) is 36.1 Å². The van der Waals surface area contributed by atoms with E-state index in [-0.39, 0.29) is 18.3 Å². The lowest BCUT2D eigenvalue weighted by Gasteiger charge is -2.36. The molecule has 0 fully saturated rings. The Morgan fingerprint density at radius 1 is 1.31 bits per heavy atom. The highest BCUT2D eigenvalue weighted by molar-refractivity contribution is 5.90. The number of amides is 1. The molecule has 2 rings (SSSR count). The van der Waals surface area contributed by atoms with E-state index in [4.69, 9.17) is 20.3 Å². The molecule has 3 atom stereocenters. The molecule has 1 heterocycles. The fourth-order valence-electron chi connectivity index (χ4n) is 3.05. The number of rotatable bonds is 7. The lowest BCUT2D eigenvalue weighted by Crippen LogP contribution is -2.37. The van der Waals surface area contributed by atoms with Crippen LogP contribution in [0.5, 0.6) is 0 Å². The van der Waals surface area contributed by atoms with Crippen LogP contribution in [0.3, 0.4) is 0 Å². The molecule has 0 unspecified atom stereocenters. The standard InChI is InChI=1S/C18H22F3NO4/c1-2-25-17-13(4-3-9-23)14(10-15(26-17)16(22)24)11-5-7-12(8-6-11)18(19,20)21/h5-8,10,13-14,17,23H,2-4,9H2,1H3,(H2,22,24)/t13-,14-,17-/m1/s1. The van der Waals surface area contributed by atoms with Gasteiger partial charge in [-0.2, -0.15) is 13.2 Å². The van der Waals surface area contributed by atoms with Crippen molar-refractivity contribution in [2.75, 3.05) is 13.2 Å². The molecule has 0 saturated carbocycles. The predicted octanol–water partition coefficient (Wildman–Crippen LogP) is 2.94. The first-order valence-corrected chi connectivity index (χ1v) is 8.35. The van der Waals surface area contributed by atoms with E-state index in [2.05, 4.69) is 0 Å². The molecule has 0 saturated heterocycles. The number of allylic oxidation sites excluding steroid dienone is 1. The fourth-order valence-corrected chi connectivity index (χ4v) is 3.05. The van der Waals surface area contributed by atoms with E-state index in [0.717, 1.165) is 12.1 Å². The van der Waals surface area contributed by atoms with Gasteiger partial charge in [0.15, 0.2) is 5.76 Å². The van der Waals surface area contributed by atoms with Crippen LogP contribution in [-0.2, 0) is 20.4 Å². The van der Waals surface area contributed by atoms with E-state index in [0.29, 0.717) is 25.0 Å². The van der Waals surface area contributed by atoms with E-state index in [1.54, 1.807) is 6.92 Å². The molecule has 0 spiro atoms. The maximum atomic E-state index is 12.8. The minimum absolute atomic E-state index is 0.0402. The second-order valence-electron chi connectivity index (χ2n) is 6.01. The average Bonchev–Trinajstić information content (AvgIpc) is 2.59. The SMILES string of the molecule is CCO[C@@H]1OC(C(N)=O)=C[C@H](c2ccc(C(F)(F)F)cc2)[C@H]1CCCO. The van der Waals surface area contributed by atoms with Gasteiger partial charge in [-0.15, -0.1) is 0 Å². The number of aliphatic hydroxyl groups excluding tert-OH is 1. The third-order valence-corrected chi connectivity index (χ3v) is 4.28. The fraction of sp³-hybridized carbons (Fsp3) is 0.500. The van der Waals surface area contributed by atoms with Gasteiger partial charge >= 0.3 is 6.18 Å². The summed E-state index contributed by atoms with van der Waals surface area (Å²) in [6.07, 6.45) is -2.70. The predicted molar refractivity (Wildman–Crippen MR) is 87.8 cm³/mol. The minimum atomic E-state index is -4.42. The molecule has 1 aliphatic rings. The number of carbonyl (C=O) groups excluding carboxylic acids is 1. The van der Waals surface area contributed by atoms with Crippen molar-refractivity contribution in [1.82, 2.24) is 0 Å². The second-order valence-corrected chi connectivity index (χ2v) is 6.01. The van der Waals surface area contributed by atoms with Gasteiger partial charge in [0.1, 0.15) is 0 Å². The van der Waals surface area contributed by atoms with Gasteiger partial charge in [0.05, 0.1) is 5.56 Å². The number of hydrogen-bond acceptors (Lipinski definition) is 4. The Bertz CT molecular complexity index is 643. The lowest BCUT2D eigenvalue weighted by atomic mass is 9.80. The van der Waals surface area contributed by atoms with E-state index >= 15 is 0 Å². The normalized spacial score (nSPS) is 23.3. The summed E-state index contributed by atoms with van der Waals surface area (Å²) in [5.41, 5.74) is 5.16. The maximum absolute atomic E-state index is 12.8. The zero-order chi connectivity index (χ0) is 19.3. The second kappa shape index (κ2) is 8.55. The van der Waals surface area contributed by atoms with Crippen molar-refractivity contribution < 1.29 is 32.5 Å². The molecular weight excluding hydrogens is 351 g/mol. The monoisotopic (exact) mass is 373 g/mol. The van der Waals surface area contributed by atoms with Crippen LogP contribution in [0.2, 0.25) is 0 Å². The molecule has 1 aromatic rings. The highest BCUT2D eigenvalue weighted by atomic mass is 19.4. The topological polar surface area (TPSA) is 81.8 Å². The number of nitrogens with two attached hydrogens (primary N) is 1. The number of carbonyl (C=O) groups is 1. The van der Waals surface area contributed by atoms with Crippen molar-refractivity contribution in [3.8, 4) is 0 Å². The van der Waals surface area contributed by atoms with Gasteiger partial charge in [-0.25, -0.2) is 0 Å². The Morgan fingerprint density at radius 2 is 1.96 bits per heavy atom. The first-order valence-electron chi connectivity index (χ1n) is 8.35. The minimum Gasteiger partial charge on any atom is -0.459 e. The summed E-state index contributed by atoms with van der Waals surface area (Å²) in [7, 11) is 0. The van der Waals surface area contributed by atoms with Gasteiger partial charge in [-0.05, 0) is 43.5 Å². The smallest absolute Gasteiger partial charge is 0.416 e. The van der Waals surface area contributed by atoms with Crippen molar-refractivity contribution in [3.05, 3.63) is 47.2 Å². The number of benzene rings is 1. The molecule has 26 heavy (non-hydrogen) atoms. The Labute approximate surface area is 149 Å². The molecule has 5 nitrogen and oxygen atoms in total. The van der Waals surface area contributed by atoms with Crippen molar-refractivity contribution in [2.24, 2.45) is 11.7 Å². The summed E-state index contributed by atoms with van der Waals surface area (Å²) in [6, 6.07) is 4.76. The van der Waals surface area contributed by atoms with Crippen LogP contribution in [0.4, 0.5) is 13.2 Å². The van der Waals surface area contributed by atoms with Crippen LogP contribution < -0.4 is 5.73 Å². The van der Waals surface area contributed by atoms with Crippen LogP contribution in [0.25, 0.3) is 0 Å². The van der Waals surface area contributed by atoms with Gasteiger partial charge in [0.25, 0.3) is 5.91 Å². The van der Waals surface area contributed by atoms with E-state index in [9.17, 15) is 18.0 Å². The molecular formula is C18H22F3NO4. The maximum Gasteiger partial charge on any atom is 0.416 e. The van der Waals surface area contributed by atoms with Gasteiger partial charge in [-0.3, -0.25) is 4.79 Å². The molecule has 1 amide bonds. The molecule has 3 N–H and O–H groups in total. The lowest BCUT2D eigenvalue weighted by molar-refractivity contribution is -0.165. The van der Waals surface area contributed by atoms with Crippen molar-refractivity contribution in [2.45, 2.75) is 38.1 Å². The van der Waals surface area contributed by atoms with E-state index < -0.39 is 29.9 Å². The number of hydrogen-bond donors (Lipinski definition) is 2. The number of aliphatic hydroxyl groups is 1. The summed E-state index contributed by atoms with van der Waals surface area (Å²) >= 11 is 0. The zero-order valence-corrected chi connectivity index (χ0v) is 14.3. The first kappa shape index (κ1) is 20.3. The summed E-state index contributed by atoms with van der Waals surface area (Å²) in [5.74, 6) is -1.54. The van der Waals surface area contributed by atoms with Crippen LogP contribution >= 0.6 is 0 Å². The van der Waals surface area contributed by atoms with Crippen molar-refractivity contribution in [1.29, 1.82) is 0 Å². The number of alkyl halides is 3. The summed E-state index contributed by atoms with van der Waals surface area (Å²) in [4.78, 5) is 11.6. The molecule has 0 aromatic heterocycles. The van der Waals surface area contributed by atoms with Gasteiger partial charge in [0, 0.05) is 25.0 Å². The van der Waals surface area contributed by atoms with Crippen molar-refractivity contribution >= 4 is 5.91 Å². The van der Waals surface area contributed by atoms with Gasteiger partial charge in [-0.1, -0.05) is 12.1 Å². The summed E-state index contributed by atoms with van der Waals surface area (Å²) in [6.45, 7) is 2.05. The molecule has 0 aliphatic carbocycles. The van der Waals surface area contributed by atoms with E-state index in [1.165, 1.54) is 18.2 Å². The molecule has 1 aromatic carbocycles. The number of primary amides is 1. The van der Waals surface area contributed by atoms with Gasteiger partial charge in [0.2, 0.25) is 6.29 Å². The summed E-state index contributed by atoms with van der Waals surface area (Å²) in [5, 5.41) is 9.14. The average molecular weight is 373 g/mol. The highest BCUT2D eigenvalue weighted by Gasteiger charge is 2.38. The van der Waals surface area contributed by atoms with Crippen LogP contribution in [-0.4, -0.2) is 30.5 Å². The van der Waals surface area contributed by atoms with Crippen LogP contribution in [0, 0.1) is 5.92 Å². The van der Waals surface area contributed by atoms with Crippen molar-refractivity contribution in [3.63, 3.8) is 0 Å². The quantitative estimate of drug-likeness (QED) is 0.770.